The predicted molar refractivity (Wildman–Crippen MR) is 73.7 cm³/mol. The molecule has 1 unspecified atom stereocenters. The second-order valence-electron chi connectivity index (χ2n) is 6.35. The fourth-order valence-corrected chi connectivity index (χ4v) is 4.04. The summed E-state index contributed by atoms with van der Waals surface area (Å²) in [6.45, 7) is 2.30. The standard InChI is InChI=1S/C16H23NO/c1-16-8-4-2-3-5-12(15(16)17)9-11-6-7-13(18)10-14(11)16/h6-7,10,12,15,18H,2-5,8-9,17H2,1H3/t12?,15-,16+/m0/s1. The number of hydrogen-bond donors (Lipinski definition) is 2. The van der Waals surface area contributed by atoms with E-state index < -0.39 is 0 Å². The van der Waals surface area contributed by atoms with Crippen molar-refractivity contribution in [3.8, 4) is 5.75 Å². The molecule has 0 aliphatic heterocycles. The zero-order chi connectivity index (χ0) is 12.8. The van der Waals surface area contributed by atoms with Gasteiger partial charge in [-0.2, -0.15) is 0 Å². The van der Waals surface area contributed by atoms with Gasteiger partial charge in [0.05, 0.1) is 0 Å². The third-order valence-electron chi connectivity index (χ3n) is 5.21. The van der Waals surface area contributed by atoms with Crippen molar-refractivity contribution in [1.29, 1.82) is 0 Å². The Kier molecular flexibility index (Phi) is 2.86. The lowest BCUT2D eigenvalue weighted by Gasteiger charge is -2.47. The van der Waals surface area contributed by atoms with Crippen molar-refractivity contribution < 1.29 is 5.11 Å². The molecule has 2 nitrogen and oxygen atoms in total. The summed E-state index contributed by atoms with van der Waals surface area (Å²) in [5.74, 6) is 0.995. The average Bonchev–Trinajstić information content (AvgIpc) is 2.35. The van der Waals surface area contributed by atoms with Gasteiger partial charge in [-0.15, -0.1) is 0 Å². The highest BCUT2D eigenvalue weighted by molar-refractivity contribution is 5.43. The summed E-state index contributed by atoms with van der Waals surface area (Å²) >= 11 is 0. The number of phenolic OH excluding ortho intramolecular Hbond substituents is 1. The lowest BCUT2D eigenvalue weighted by molar-refractivity contribution is 0.201. The van der Waals surface area contributed by atoms with Gasteiger partial charge in [0.25, 0.3) is 0 Å². The first-order valence-corrected chi connectivity index (χ1v) is 7.19. The third kappa shape index (κ3) is 1.74. The van der Waals surface area contributed by atoms with E-state index >= 15 is 0 Å². The Morgan fingerprint density at radius 2 is 2.11 bits per heavy atom. The molecule has 0 aromatic heterocycles. The van der Waals surface area contributed by atoms with Crippen LogP contribution in [-0.4, -0.2) is 11.1 Å². The molecule has 3 rings (SSSR count). The van der Waals surface area contributed by atoms with Crippen LogP contribution in [0.25, 0.3) is 0 Å². The molecule has 2 heteroatoms. The largest absolute Gasteiger partial charge is 0.508 e. The summed E-state index contributed by atoms with van der Waals surface area (Å²) in [6.07, 6.45) is 7.41. The van der Waals surface area contributed by atoms with Crippen LogP contribution in [0.4, 0.5) is 0 Å². The van der Waals surface area contributed by atoms with Gasteiger partial charge in [0.2, 0.25) is 0 Å². The molecule has 2 aliphatic carbocycles. The zero-order valence-electron chi connectivity index (χ0n) is 11.2. The van der Waals surface area contributed by atoms with Crippen LogP contribution in [0.1, 0.15) is 50.2 Å². The minimum absolute atomic E-state index is 0.0530. The first-order valence-electron chi connectivity index (χ1n) is 7.19. The Morgan fingerprint density at radius 3 is 2.94 bits per heavy atom. The van der Waals surface area contributed by atoms with Crippen LogP contribution in [0.15, 0.2) is 18.2 Å². The summed E-state index contributed by atoms with van der Waals surface area (Å²) in [7, 11) is 0. The molecule has 1 aromatic rings. The topological polar surface area (TPSA) is 46.2 Å². The molecular weight excluding hydrogens is 222 g/mol. The molecule has 2 aliphatic rings. The lowest BCUT2D eigenvalue weighted by Crippen LogP contribution is -2.52. The third-order valence-corrected chi connectivity index (χ3v) is 5.21. The molecule has 3 atom stereocenters. The maximum atomic E-state index is 9.77. The Balaban J connectivity index is 2.11. The van der Waals surface area contributed by atoms with E-state index in [-0.39, 0.29) is 11.5 Å². The van der Waals surface area contributed by atoms with E-state index in [2.05, 4.69) is 13.0 Å². The Morgan fingerprint density at radius 1 is 1.28 bits per heavy atom. The molecule has 0 heterocycles. The maximum absolute atomic E-state index is 9.77. The van der Waals surface area contributed by atoms with Gasteiger partial charge in [0, 0.05) is 11.5 Å². The van der Waals surface area contributed by atoms with Crippen molar-refractivity contribution in [3.63, 3.8) is 0 Å². The van der Waals surface area contributed by atoms with Crippen LogP contribution in [0, 0.1) is 5.92 Å². The van der Waals surface area contributed by atoms with Gasteiger partial charge in [-0.25, -0.2) is 0 Å². The summed E-state index contributed by atoms with van der Waals surface area (Å²) < 4.78 is 0. The Labute approximate surface area is 109 Å². The molecule has 0 saturated heterocycles. The smallest absolute Gasteiger partial charge is 0.115 e. The average molecular weight is 245 g/mol. The van der Waals surface area contributed by atoms with Gasteiger partial charge < -0.3 is 10.8 Å². The maximum Gasteiger partial charge on any atom is 0.115 e. The minimum atomic E-state index is 0.0530. The van der Waals surface area contributed by atoms with Gasteiger partial charge in [0.1, 0.15) is 5.75 Å². The van der Waals surface area contributed by atoms with Gasteiger partial charge in [-0.3, -0.25) is 0 Å². The number of phenols is 1. The molecule has 0 radical (unpaired) electrons. The molecule has 0 spiro atoms. The molecule has 3 N–H and O–H groups in total. The normalized spacial score (nSPS) is 35.4. The van der Waals surface area contributed by atoms with Crippen molar-refractivity contribution in [2.45, 2.75) is 56.9 Å². The van der Waals surface area contributed by atoms with Gasteiger partial charge in [-0.1, -0.05) is 32.3 Å². The molecule has 1 saturated carbocycles. The van der Waals surface area contributed by atoms with E-state index in [1.54, 1.807) is 0 Å². The number of nitrogens with two attached hydrogens (primary N) is 1. The van der Waals surface area contributed by atoms with Crippen molar-refractivity contribution in [1.82, 2.24) is 0 Å². The van der Waals surface area contributed by atoms with Crippen LogP contribution >= 0.6 is 0 Å². The van der Waals surface area contributed by atoms with Crippen LogP contribution < -0.4 is 5.73 Å². The molecule has 1 fully saturated rings. The molecule has 98 valence electrons. The summed E-state index contributed by atoms with van der Waals surface area (Å²) in [6, 6.07) is 6.11. The summed E-state index contributed by atoms with van der Waals surface area (Å²) in [5.41, 5.74) is 9.33. The summed E-state index contributed by atoms with van der Waals surface area (Å²) in [5, 5.41) is 9.77. The number of aromatic hydroxyl groups is 1. The van der Waals surface area contributed by atoms with Crippen LogP contribution in [-0.2, 0) is 11.8 Å². The second-order valence-corrected chi connectivity index (χ2v) is 6.35. The van der Waals surface area contributed by atoms with Gasteiger partial charge in [0.15, 0.2) is 0 Å². The number of fused-ring (bicyclic) bond motifs is 4. The minimum Gasteiger partial charge on any atom is -0.508 e. The second kappa shape index (κ2) is 4.27. The van der Waals surface area contributed by atoms with E-state index in [9.17, 15) is 5.11 Å². The SMILES string of the molecule is C[C@@]12CCCCCC(Cc3ccc(O)cc31)[C@@H]2N. The number of hydrogen-bond acceptors (Lipinski definition) is 2. The van der Waals surface area contributed by atoms with Crippen LogP contribution in [0.5, 0.6) is 5.75 Å². The monoisotopic (exact) mass is 245 g/mol. The quantitative estimate of drug-likeness (QED) is 0.737. The molecule has 2 bridgehead atoms. The van der Waals surface area contributed by atoms with Crippen molar-refractivity contribution in [2.24, 2.45) is 11.7 Å². The van der Waals surface area contributed by atoms with E-state index in [4.69, 9.17) is 5.73 Å². The summed E-state index contributed by atoms with van der Waals surface area (Å²) in [4.78, 5) is 0. The molecule has 18 heavy (non-hydrogen) atoms. The fraction of sp³-hybridized carbons (Fsp3) is 0.625. The van der Waals surface area contributed by atoms with Crippen LogP contribution in [0.3, 0.4) is 0 Å². The Hall–Kier alpha value is -1.02. The zero-order valence-corrected chi connectivity index (χ0v) is 11.2. The lowest BCUT2D eigenvalue weighted by atomic mass is 9.60. The first kappa shape index (κ1) is 12.0. The molecule has 0 amide bonds. The number of benzene rings is 1. The van der Waals surface area contributed by atoms with E-state index in [1.807, 2.05) is 12.1 Å². The van der Waals surface area contributed by atoms with Gasteiger partial charge >= 0.3 is 0 Å². The van der Waals surface area contributed by atoms with E-state index in [1.165, 1.54) is 36.8 Å². The van der Waals surface area contributed by atoms with E-state index in [0.717, 1.165) is 12.8 Å². The molecule has 1 aromatic carbocycles. The highest BCUT2D eigenvalue weighted by Crippen LogP contribution is 2.46. The van der Waals surface area contributed by atoms with Crippen molar-refractivity contribution in [3.05, 3.63) is 29.3 Å². The van der Waals surface area contributed by atoms with Crippen molar-refractivity contribution >= 4 is 0 Å². The van der Waals surface area contributed by atoms with Crippen molar-refractivity contribution in [2.75, 3.05) is 0 Å². The Bertz CT molecular complexity index is 456. The van der Waals surface area contributed by atoms with Gasteiger partial charge in [-0.05, 0) is 48.4 Å². The predicted octanol–water partition coefficient (Wildman–Crippen LogP) is 3.11. The molecular formula is C16H23NO. The highest BCUT2D eigenvalue weighted by atomic mass is 16.3. The fourth-order valence-electron chi connectivity index (χ4n) is 4.04. The number of rotatable bonds is 0. The van der Waals surface area contributed by atoms with E-state index in [0.29, 0.717) is 11.7 Å². The van der Waals surface area contributed by atoms with Crippen LogP contribution in [0.2, 0.25) is 0 Å². The highest BCUT2D eigenvalue weighted by Gasteiger charge is 2.43. The first-order chi connectivity index (χ1) is 8.61.